The molecule has 0 amide bonds. The molecule has 0 aliphatic rings. The van der Waals surface area contributed by atoms with E-state index in [1.165, 1.54) is 0 Å². The van der Waals surface area contributed by atoms with E-state index in [4.69, 9.17) is 4.74 Å². The molecule has 1 aromatic carbocycles. The van der Waals surface area contributed by atoms with E-state index in [0.29, 0.717) is 11.7 Å². The maximum atomic E-state index is 12.1. The van der Waals surface area contributed by atoms with E-state index in [1.54, 1.807) is 18.9 Å². The Balaban J connectivity index is 2.77. The number of ketones is 1. The van der Waals surface area contributed by atoms with E-state index in [0.717, 1.165) is 28.2 Å². The topological polar surface area (TPSA) is 26.3 Å². The van der Waals surface area contributed by atoms with Gasteiger partial charge in [0.25, 0.3) is 0 Å². The van der Waals surface area contributed by atoms with Gasteiger partial charge in [0.15, 0.2) is 5.78 Å². The SMILES string of the molecule is COc1cc(C)c(C(=O)CSCC(C)C)cc1C. The Morgan fingerprint density at radius 2 is 1.94 bits per heavy atom. The highest BCUT2D eigenvalue weighted by Crippen LogP contribution is 2.23. The van der Waals surface area contributed by atoms with Gasteiger partial charge in [-0.25, -0.2) is 0 Å². The summed E-state index contributed by atoms with van der Waals surface area (Å²) in [6, 6.07) is 3.88. The molecule has 100 valence electrons. The van der Waals surface area contributed by atoms with Crippen LogP contribution in [-0.2, 0) is 0 Å². The van der Waals surface area contributed by atoms with Crippen LogP contribution in [-0.4, -0.2) is 24.4 Å². The number of thioether (sulfide) groups is 1. The Hall–Kier alpha value is -0.960. The third-order valence-electron chi connectivity index (χ3n) is 2.73. The maximum Gasteiger partial charge on any atom is 0.172 e. The van der Waals surface area contributed by atoms with Crippen LogP contribution in [0.3, 0.4) is 0 Å². The van der Waals surface area contributed by atoms with Gasteiger partial charge in [0, 0.05) is 5.56 Å². The summed E-state index contributed by atoms with van der Waals surface area (Å²) in [6.07, 6.45) is 0. The van der Waals surface area contributed by atoms with Gasteiger partial charge in [0.2, 0.25) is 0 Å². The molecule has 0 aliphatic carbocycles. The third kappa shape index (κ3) is 4.05. The molecule has 0 radical (unpaired) electrons. The summed E-state index contributed by atoms with van der Waals surface area (Å²) < 4.78 is 5.26. The molecular formula is C15H22O2S. The number of carbonyl (C=O) groups is 1. The van der Waals surface area contributed by atoms with Crippen molar-refractivity contribution in [1.82, 2.24) is 0 Å². The average molecular weight is 266 g/mol. The van der Waals surface area contributed by atoms with Gasteiger partial charge in [-0.1, -0.05) is 13.8 Å². The number of ether oxygens (including phenoxy) is 1. The van der Waals surface area contributed by atoms with Gasteiger partial charge in [-0.2, -0.15) is 11.8 Å². The number of aryl methyl sites for hydroxylation is 2. The molecule has 0 aliphatic heterocycles. The second-order valence-electron chi connectivity index (χ2n) is 4.97. The largest absolute Gasteiger partial charge is 0.496 e. The first kappa shape index (κ1) is 15.1. The Kier molecular flexibility index (Phi) is 5.73. The van der Waals surface area contributed by atoms with Crippen LogP contribution < -0.4 is 4.74 Å². The molecule has 1 rings (SSSR count). The summed E-state index contributed by atoms with van der Waals surface area (Å²) in [5, 5.41) is 0. The second kappa shape index (κ2) is 6.83. The van der Waals surface area contributed by atoms with Crippen LogP contribution in [0, 0.1) is 19.8 Å². The highest BCUT2D eigenvalue weighted by molar-refractivity contribution is 7.99. The monoisotopic (exact) mass is 266 g/mol. The molecule has 0 fully saturated rings. The van der Waals surface area contributed by atoms with Crippen LogP contribution in [0.2, 0.25) is 0 Å². The maximum absolute atomic E-state index is 12.1. The van der Waals surface area contributed by atoms with Crippen LogP contribution in [0.5, 0.6) is 5.75 Å². The summed E-state index contributed by atoms with van der Waals surface area (Å²) >= 11 is 1.71. The van der Waals surface area contributed by atoms with Crippen molar-refractivity contribution >= 4 is 17.5 Å². The van der Waals surface area contributed by atoms with Gasteiger partial charge in [0.1, 0.15) is 5.75 Å². The van der Waals surface area contributed by atoms with Gasteiger partial charge in [-0.3, -0.25) is 4.79 Å². The molecule has 0 spiro atoms. The minimum Gasteiger partial charge on any atom is -0.496 e. The molecule has 0 aromatic heterocycles. The van der Waals surface area contributed by atoms with Crippen LogP contribution in [0.1, 0.15) is 35.3 Å². The Morgan fingerprint density at radius 1 is 1.28 bits per heavy atom. The summed E-state index contributed by atoms with van der Waals surface area (Å²) in [6.45, 7) is 8.26. The highest BCUT2D eigenvalue weighted by atomic mass is 32.2. The molecular weight excluding hydrogens is 244 g/mol. The van der Waals surface area contributed by atoms with Crippen LogP contribution in [0.25, 0.3) is 0 Å². The first-order valence-electron chi connectivity index (χ1n) is 6.22. The van der Waals surface area contributed by atoms with Crippen molar-refractivity contribution in [1.29, 1.82) is 0 Å². The Labute approximate surface area is 114 Å². The quantitative estimate of drug-likeness (QED) is 0.731. The Morgan fingerprint density at radius 3 is 2.50 bits per heavy atom. The lowest BCUT2D eigenvalue weighted by Gasteiger charge is -2.11. The van der Waals surface area contributed by atoms with Gasteiger partial charge < -0.3 is 4.74 Å². The average Bonchev–Trinajstić information content (AvgIpc) is 2.30. The lowest BCUT2D eigenvalue weighted by atomic mass is 10.0. The molecule has 0 bridgehead atoms. The molecule has 0 unspecified atom stereocenters. The number of carbonyl (C=O) groups excluding carboxylic acids is 1. The standard InChI is InChI=1S/C15H22O2S/c1-10(2)8-18-9-14(16)13-6-12(4)15(17-5)7-11(13)3/h6-7,10H,8-9H2,1-5H3. The van der Waals surface area contributed by atoms with E-state index in [-0.39, 0.29) is 5.78 Å². The molecule has 1 aromatic rings. The molecule has 0 saturated heterocycles. The third-order valence-corrected chi connectivity index (χ3v) is 4.10. The van der Waals surface area contributed by atoms with Crippen molar-refractivity contribution in [2.75, 3.05) is 18.6 Å². The summed E-state index contributed by atoms with van der Waals surface area (Å²) in [5.41, 5.74) is 2.83. The fraction of sp³-hybridized carbons (Fsp3) is 0.533. The smallest absolute Gasteiger partial charge is 0.172 e. The van der Waals surface area contributed by atoms with Crippen molar-refractivity contribution in [3.8, 4) is 5.75 Å². The number of hydrogen-bond acceptors (Lipinski definition) is 3. The first-order valence-corrected chi connectivity index (χ1v) is 7.37. The van der Waals surface area contributed by atoms with Crippen LogP contribution >= 0.6 is 11.8 Å². The molecule has 2 nitrogen and oxygen atoms in total. The summed E-state index contributed by atoms with van der Waals surface area (Å²) in [4.78, 5) is 12.1. The lowest BCUT2D eigenvalue weighted by Crippen LogP contribution is -2.07. The van der Waals surface area contributed by atoms with E-state index < -0.39 is 0 Å². The van der Waals surface area contributed by atoms with Crippen molar-refractivity contribution in [3.05, 3.63) is 28.8 Å². The highest BCUT2D eigenvalue weighted by Gasteiger charge is 2.12. The van der Waals surface area contributed by atoms with Crippen LogP contribution in [0.4, 0.5) is 0 Å². The molecule has 0 heterocycles. The number of Topliss-reactive ketones (excluding diaryl/α,β-unsaturated/α-hetero) is 1. The van der Waals surface area contributed by atoms with Gasteiger partial charge in [0.05, 0.1) is 12.9 Å². The minimum atomic E-state index is 0.212. The Bertz CT molecular complexity index is 425. The minimum absolute atomic E-state index is 0.212. The second-order valence-corrected chi connectivity index (χ2v) is 6.00. The number of hydrogen-bond donors (Lipinski definition) is 0. The van der Waals surface area contributed by atoms with Crippen molar-refractivity contribution in [2.24, 2.45) is 5.92 Å². The van der Waals surface area contributed by atoms with Crippen LogP contribution in [0.15, 0.2) is 12.1 Å². The van der Waals surface area contributed by atoms with E-state index in [2.05, 4.69) is 13.8 Å². The van der Waals surface area contributed by atoms with Crippen molar-refractivity contribution < 1.29 is 9.53 Å². The lowest BCUT2D eigenvalue weighted by molar-refractivity contribution is 0.102. The van der Waals surface area contributed by atoms with E-state index >= 15 is 0 Å². The van der Waals surface area contributed by atoms with Crippen molar-refractivity contribution in [2.45, 2.75) is 27.7 Å². The zero-order chi connectivity index (χ0) is 13.7. The zero-order valence-corrected chi connectivity index (χ0v) is 12.7. The van der Waals surface area contributed by atoms with Gasteiger partial charge in [-0.15, -0.1) is 0 Å². The fourth-order valence-corrected chi connectivity index (χ4v) is 2.71. The number of benzene rings is 1. The predicted octanol–water partition coefficient (Wildman–Crippen LogP) is 3.88. The van der Waals surface area contributed by atoms with Crippen molar-refractivity contribution in [3.63, 3.8) is 0 Å². The summed E-state index contributed by atoms with van der Waals surface area (Å²) in [5.74, 6) is 3.27. The normalized spacial score (nSPS) is 10.8. The molecule has 0 saturated carbocycles. The first-order chi connectivity index (χ1) is 8.45. The van der Waals surface area contributed by atoms with Gasteiger partial charge in [-0.05, 0) is 48.8 Å². The number of rotatable bonds is 6. The summed E-state index contributed by atoms with van der Waals surface area (Å²) in [7, 11) is 1.65. The molecule has 0 N–H and O–H groups in total. The predicted molar refractivity (Wildman–Crippen MR) is 79.0 cm³/mol. The molecule has 0 atom stereocenters. The van der Waals surface area contributed by atoms with E-state index in [9.17, 15) is 4.79 Å². The number of methoxy groups -OCH3 is 1. The fourth-order valence-electron chi connectivity index (χ4n) is 1.78. The zero-order valence-electron chi connectivity index (χ0n) is 11.9. The van der Waals surface area contributed by atoms with Gasteiger partial charge >= 0.3 is 0 Å². The molecule has 3 heteroatoms. The molecule has 18 heavy (non-hydrogen) atoms. The van der Waals surface area contributed by atoms with E-state index in [1.807, 2.05) is 26.0 Å².